The number of hydrogen-bond donors (Lipinski definition) is 2. The summed E-state index contributed by atoms with van der Waals surface area (Å²) < 4.78 is 25.1. The smallest absolute Gasteiger partial charge is 0.228 e. The van der Waals surface area contributed by atoms with Crippen molar-refractivity contribution in [2.45, 2.75) is 17.7 Å². The van der Waals surface area contributed by atoms with Crippen LogP contribution in [0, 0.1) is 5.92 Å². The fourth-order valence-corrected chi connectivity index (χ4v) is 3.96. The maximum absolute atomic E-state index is 12.2. The van der Waals surface area contributed by atoms with Crippen LogP contribution in [-0.2, 0) is 14.6 Å². The van der Waals surface area contributed by atoms with Gasteiger partial charge in [-0.05, 0) is 31.0 Å². The third-order valence-electron chi connectivity index (χ3n) is 5.18. The van der Waals surface area contributed by atoms with E-state index in [0.717, 1.165) is 29.9 Å². The van der Waals surface area contributed by atoms with E-state index in [1.807, 2.05) is 0 Å². The molecule has 4 heterocycles. The number of hydrogen-bond acceptors (Lipinski definition) is 8. The Morgan fingerprint density at radius 3 is 2.68 bits per heavy atom. The zero-order chi connectivity index (χ0) is 21.8. The number of rotatable bonds is 5. The average molecular weight is 437 g/mol. The van der Waals surface area contributed by atoms with Crippen molar-refractivity contribution in [2.24, 2.45) is 5.92 Å². The summed E-state index contributed by atoms with van der Waals surface area (Å²) in [5, 5.41) is 11.9. The van der Waals surface area contributed by atoms with Gasteiger partial charge in [-0.25, -0.2) is 27.9 Å². The Morgan fingerprint density at radius 2 is 1.97 bits per heavy atom. The molecule has 11 heteroatoms. The molecule has 1 aliphatic carbocycles. The molecular weight excluding hydrogens is 418 g/mol. The Labute approximate surface area is 177 Å². The summed E-state index contributed by atoms with van der Waals surface area (Å²) in [5.74, 6) is 1.50. The summed E-state index contributed by atoms with van der Waals surface area (Å²) in [4.78, 5) is 25.6. The fourth-order valence-electron chi connectivity index (χ4n) is 3.35. The summed E-state index contributed by atoms with van der Waals surface area (Å²) in [6, 6.07) is 4.88. The molecule has 1 aliphatic rings. The highest BCUT2D eigenvalue weighted by Crippen LogP contribution is 2.33. The summed E-state index contributed by atoms with van der Waals surface area (Å²) in [6.07, 6.45) is 7.68. The Bertz CT molecular complexity index is 1460. The molecule has 0 atom stereocenters. The molecule has 1 fully saturated rings. The van der Waals surface area contributed by atoms with E-state index in [9.17, 15) is 13.2 Å². The second-order valence-electron chi connectivity index (χ2n) is 7.52. The molecule has 5 rings (SSSR count). The lowest BCUT2D eigenvalue weighted by atomic mass is 10.1. The van der Waals surface area contributed by atoms with Crippen LogP contribution >= 0.6 is 0 Å². The van der Waals surface area contributed by atoms with Crippen molar-refractivity contribution < 1.29 is 13.2 Å². The lowest BCUT2D eigenvalue weighted by Gasteiger charge is -2.10. The van der Waals surface area contributed by atoms with Crippen molar-refractivity contribution in [1.29, 1.82) is 0 Å². The van der Waals surface area contributed by atoms with E-state index < -0.39 is 9.84 Å². The van der Waals surface area contributed by atoms with E-state index >= 15 is 0 Å². The Hall–Kier alpha value is -3.60. The summed E-state index contributed by atoms with van der Waals surface area (Å²) in [6.45, 7) is 0. The van der Waals surface area contributed by atoms with Crippen LogP contribution in [0.15, 0.2) is 41.7 Å². The monoisotopic (exact) mass is 437 g/mol. The molecule has 4 aromatic rings. The maximum atomic E-state index is 12.2. The third kappa shape index (κ3) is 3.56. The van der Waals surface area contributed by atoms with Crippen LogP contribution in [0.2, 0.25) is 0 Å². The van der Waals surface area contributed by atoms with E-state index in [1.165, 1.54) is 16.8 Å². The van der Waals surface area contributed by atoms with Crippen LogP contribution in [0.25, 0.3) is 27.8 Å². The minimum atomic E-state index is -3.37. The highest BCUT2D eigenvalue weighted by Gasteiger charge is 2.30. The number of nitrogens with one attached hydrogen (secondary N) is 2. The van der Waals surface area contributed by atoms with Gasteiger partial charge in [0.15, 0.2) is 21.3 Å². The first-order valence-corrected chi connectivity index (χ1v) is 11.6. The number of pyridine rings is 3. The molecule has 10 nitrogen and oxygen atoms in total. The number of nitrogens with zero attached hydrogens (tertiary/aromatic N) is 5. The molecule has 0 aromatic carbocycles. The molecule has 0 spiro atoms. The fraction of sp³-hybridized carbons (Fsp3) is 0.250. The largest absolute Gasteiger partial charge is 0.373 e. The van der Waals surface area contributed by atoms with E-state index in [-0.39, 0.29) is 16.7 Å². The van der Waals surface area contributed by atoms with Gasteiger partial charge in [0, 0.05) is 54.1 Å². The van der Waals surface area contributed by atoms with Gasteiger partial charge < -0.3 is 10.6 Å². The first-order chi connectivity index (χ1) is 14.8. The van der Waals surface area contributed by atoms with Gasteiger partial charge in [0.1, 0.15) is 11.6 Å². The first kappa shape index (κ1) is 19.4. The normalized spacial score (nSPS) is 14.1. The molecule has 0 unspecified atom stereocenters. The van der Waals surface area contributed by atoms with Crippen molar-refractivity contribution in [2.75, 3.05) is 23.9 Å². The molecular formula is C20H19N7O3S. The predicted molar refractivity (Wildman–Crippen MR) is 116 cm³/mol. The topological polar surface area (TPSA) is 131 Å². The van der Waals surface area contributed by atoms with Crippen LogP contribution in [0.1, 0.15) is 12.8 Å². The zero-order valence-corrected chi connectivity index (χ0v) is 17.6. The van der Waals surface area contributed by atoms with E-state index in [2.05, 4.69) is 30.7 Å². The van der Waals surface area contributed by atoms with Crippen LogP contribution in [-0.4, -0.2) is 52.2 Å². The lowest BCUT2D eigenvalue weighted by molar-refractivity contribution is -0.117. The maximum Gasteiger partial charge on any atom is 0.228 e. The van der Waals surface area contributed by atoms with Gasteiger partial charge in [0.05, 0.1) is 4.90 Å². The lowest BCUT2D eigenvalue weighted by Crippen LogP contribution is -2.14. The van der Waals surface area contributed by atoms with Gasteiger partial charge >= 0.3 is 0 Å². The molecule has 0 saturated heterocycles. The predicted octanol–water partition coefficient (Wildman–Crippen LogP) is 2.13. The Morgan fingerprint density at radius 1 is 1.16 bits per heavy atom. The van der Waals surface area contributed by atoms with Crippen molar-refractivity contribution in [3.63, 3.8) is 0 Å². The van der Waals surface area contributed by atoms with Gasteiger partial charge in [-0.15, -0.1) is 5.10 Å². The molecule has 0 radical (unpaired) electrons. The van der Waals surface area contributed by atoms with Gasteiger partial charge in [-0.1, -0.05) is 0 Å². The number of carbonyl (C=O) groups excluding carboxylic acids is 1. The third-order valence-corrected chi connectivity index (χ3v) is 6.28. The Balaban J connectivity index is 1.65. The van der Waals surface area contributed by atoms with E-state index in [0.29, 0.717) is 28.7 Å². The number of anilines is 2. The van der Waals surface area contributed by atoms with Gasteiger partial charge in [0.2, 0.25) is 5.91 Å². The van der Waals surface area contributed by atoms with Crippen LogP contribution < -0.4 is 10.6 Å². The molecule has 1 amide bonds. The quantitative estimate of drug-likeness (QED) is 0.485. The minimum absolute atomic E-state index is 0.0320. The minimum Gasteiger partial charge on any atom is -0.373 e. The van der Waals surface area contributed by atoms with Crippen molar-refractivity contribution in [3.05, 3.63) is 36.8 Å². The molecule has 1 saturated carbocycles. The Kier molecular flexibility index (Phi) is 4.36. The summed E-state index contributed by atoms with van der Waals surface area (Å²) in [5.41, 5.74) is 1.15. The average Bonchev–Trinajstić information content (AvgIpc) is 3.51. The molecule has 0 aliphatic heterocycles. The number of aromatic nitrogens is 5. The zero-order valence-electron chi connectivity index (χ0n) is 16.8. The number of carbonyl (C=O) groups is 1. The highest BCUT2D eigenvalue weighted by molar-refractivity contribution is 7.90. The van der Waals surface area contributed by atoms with Crippen molar-refractivity contribution >= 4 is 43.8 Å². The van der Waals surface area contributed by atoms with Crippen LogP contribution in [0.5, 0.6) is 0 Å². The first-order valence-electron chi connectivity index (χ1n) is 9.68. The van der Waals surface area contributed by atoms with Crippen molar-refractivity contribution in [1.82, 2.24) is 24.6 Å². The second kappa shape index (κ2) is 6.98. The van der Waals surface area contributed by atoms with Gasteiger partial charge in [0.25, 0.3) is 0 Å². The van der Waals surface area contributed by atoms with E-state index in [1.54, 1.807) is 31.6 Å². The molecule has 31 heavy (non-hydrogen) atoms. The molecule has 158 valence electrons. The molecule has 0 bridgehead atoms. The van der Waals surface area contributed by atoms with Gasteiger partial charge in [-0.3, -0.25) is 4.79 Å². The van der Waals surface area contributed by atoms with Crippen molar-refractivity contribution in [3.8, 4) is 11.4 Å². The standard InChI is InChI=1S/C20H19N7O3S/c1-21-18-14-8-22-16(24-20(28)11-3-4-11)7-13(14)15(9-23-18)19-25-17-6-5-12(31(2,29)30)10-27(17)26-19/h5-11H,3-4H2,1-2H3,(H,21,23)(H,22,24,28). The molecule has 2 N–H and O–H groups in total. The summed E-state index contributed by atoms with van der Waals surface area (Å²) in [7, 11) is -1.61. The number of fused-ring (bicyclic) bond motifs is 2. The summed E-state index contributed by atoms with van der Waals surface area (Å²) >= 11 is 0. The SMILES string of the molecule is CNc1ncc(-c2nc3ccc(S(C)(=O)=O)cn3n2)c2cc(NC(=O)C3CC3)ncc12. The number of amides is 1. The highest BCUT2D eigenvalue weighted by atomic mass is 32.2. The van der Waals surface area contributed by atoms with Crippen LogP contribution in [0.4, 0.5) is 11.6 Å². The molecule has 4 aromatic heterocycles. The van der Waals surface area contributed by atoms with Gasteiger partial charge in [-0.2, -0.15) is 0 Å². The second-order valence-corrected chi connectivity index (χ2v) is 9.54. The van der Waals surface area contributed by atoms with Crippen LogP contribution in [0.3, 0.4) is 0 Å². The van der Waals surface area contributed by atoms with E-state index in [4.69, 9.17) is 0 Å². The number of sulfone groups is 1.